The van der Waals surface area contributed by atoms with Gasteiger partial charge in [0.25, 0.3) is 0 Å². The fraction of sp³-hybridized carbons (Fsp3) is 0.550. The molecular formula is C20H32IN7S. The average Bonchev–Trinajstić information content (AvgIpc) is 3.30. The second-order valence-corrected chi connectivity index (χ2v) is 8.50. The molecule has 0 bridgehead atoms. The van der Waals surface area contributed by atoms with Gasteiger partial charge < -0.3 is 15.2 Å². The third-order valence-electron chi connectivity index (χ3n) is 4.99. The first-order chi connectivity index (χ1) is 13.5. The van der Waals surface area contributed by atoms with Crippen molar-refractivity contribution in [1.29, 1.82) is 0 Å². The Balaban J connectivity index is 0.00000300. The van der Waals surface area contributed by atoms with Gasteiger partial charge in [0.05, 0.1) is 6.54 Å². The Labute approximate surface area is 194 Å². The monoisotopic (exact) mass is 529 g/mol. The number of hydrogen-bond acceptors (Lipinski definition) is 5. The third-order valence-corrected chi connectivity index (χ3v) is 5.87. The lowest BCUT2D eigenvalue weighted by atomic mass is 10.0. The van der Waals surface area contributed by atoms with Gasteiger partial charge in [-0.2, -0.15) is 0 Å². The fourth-order valence-corrected chi connectivity index (χ4v) is 3.93. The molecule has 0 aromatic carbocycles. The van der Waals surface area contributed by atoms with Crippen molar-refractivity contribution in [2.45, 2.75) is 45.8 Å². The van der Waals surface area contributed by atoms with Crippen molar-refractivity contribution in [2.24, 2.45) is 12.0 Å². The van der Waals surface area contributed by atoms with Crippen LogP contribution in [0.2, 0.25) is 0 Å². The average molecular weight is 529 g/mol. The molecule has 1 aliphatic heterocycles. The maximum Gasteiger partial charge on any atom is 0.192 e. The van der Waals surface area contributed by atoms with Gasteiger partial charge in [-0.1, -0.05) is 18.2 Å². The maximum atomic E-state index is 4.78. The minimum absolute atomic E-state index is 0. The molecule has 0 spiro atoms. The highest BCUT2D eigenvalue weighted by molar-refractivity contribution is 14.0. The highest BCUT2D eigenvalue weighted by Gasteiger charge is 2.20. The predicted molar refractivity (Wildman–Crippen MR) is 131 cm³/mol. The van der Waals surface area contributed by atoms with E-state index >= 15 is 0 Å². The highest BCUT2D eigenvalue weighted by Crippen LogP contribution is 2.12. The van der Waals surface area contributed by atoms with Crippen LogP contribution in [0.1, 0.15) is 36.3 Å². The van der Waals surface area contributed by atoms with E-state index in [1.165, 1.54) is 10.5 Å². The van der Waals surface area contributed by atoms with Gasteiger partial charge in [-0.3, -0.25) is 4.90 Å². The third kappa shape index (κ3) is 7.38. The van der Waals surface area contributed by atoms with E-state index in [-0.39, 0.29) is 24.0 Å². The molecule has 0 aliphatic carbocycles. The van der Waals surface area contributed by atoms with E-state index in [9.17, 15) is 0 Å². The maximum absolute atomic E-state index is 4.78. The number of rotatable bonds is 7. The number of aryl methyl sites for hydroxylation is 1. The Kier molecular flexibility index (Phi) is 9.57. The minimum Gasteiger partial charge on any atom is -0.354 e. The van der Waals surface area contributed by atoms with Crippen molar-refractivity contribution in [3.8, 4) is 0 Å². The number of aliphatic imine (C=N–C) groups is 1. The molecule has 160 valence electrons. The summed E-state index contributed by atoms with van der Waals surface area (Å²) in [5.41, 5.74) is 1.23. The van der Waals surface area contributed by atoms with Crippen LogP contribution in [0.4, 0.5) is 0 Å². The number of nitrogens with one attached hydrogen (secondary N) is 2. The number of thiophene rings is 1. The molecule has 9 heteroatoms. The standard InChI is InChI=1S/C20H31N7S.HI/c1-15(2)14-27-9-7-17(8-10-27)23-20(21-12-18-6-5-11-28-18)22-13-19-25-24-16(3)26(19)4;/h5-6,11,17H,1,7-10,12-14H2,2-4H3,(H2,21,22,23);1H. The summed E-state index contributed by atoms with van der Waals surface area (Å²) in [6, 6.07) is 4.64. The summed E-state index contributed by atoms with van der Waals surface area (Å²) < 4.78 is 1.98. The molecule has 0 saturated carbocycles. The van der Waals surface area contributed by atoms with Crippen molar-refractivity contribution < 1.29 is 0 Å². The molecular weight excluding hydrogens is 497 g/mol. The summed E-state index contributed by atoms with van der Waals surface area (Å²) >= 11 is 1.75. The Morgan fingerprint density at radius 3 is 2.69 bits per heavy atom. The summed E-state index contributed by atoms with van der Waals surface area (Å²) in [4.78, 5) is 8.54. The van der Waals surface area contributed by atoms with Gasteiger partial charge in [-0.25, -0.2) is 4.99 Å². The number of likely N-dealkylation sites (tertiary alicyclic amines) is 1. The van der Waals surface area contributed by atoms with E-state index in [1.54, 1.807) is 11.3 Å². The number of aromatic nitrogens is 3. The van der Waals surface area contributed by atoms with E-state index in [0.29, 0.717) is 12.6 Å². The van der Waals surface area contributed by atoms with E-state index in [1.807, 2.05) is 18.5 Å². The minimum atomic E-state index is 0. The summed E-state index contributed by atoms with van der Waals surface area (Å²) in [7, 11) is 1.98. The van der Waals surface area contributed by atoms with Crippen LogP contribution in [-0.4, -0.2) is 51.3 Å². The van der Waals surface area contributed by atoms with Gasteiger partial charge >= 0.3 is 0 Å². The van der Waals surface area contributed by atoms with Gasteiger partial charge in [-0.05, 0) is 38.1 Å². The molecule has 0 atom stereocenters. The lowest BCUT2D eigenvalue weighted by Crippen LogP contribution is -2.48. The molecule has 2 N–H and O–H groups in total. The topological polar surface area (TPSA) is 70.4 Å². The van der Waals surface area contributed by atoms with E-state index in [4.69, 9.17) is 4.99 Å². The molecule has 1 fully saturated rings. The number of guanidine groups is 1. The molecule has 1 aliphatic rings. The highest BCUT2D eigenvalue weighted by atomic mass is 127. The van der Waals surface area contributed by atoms with Crippen LogP contribution in [0.15, 0.2) is 34.7 Å². The quantitative estimate of drug-likeness (QED) is 0.250. The molecule has 2 aromatic heterocycles. The van der Waals surface area contributed by atoms with Gasteiger partial charge in [0, 0.05) is 37.6 Å². The smallest absolute Gasteiger partial charge is 0.192 e. The van der Waals surface area contributed by atoms with E-state index in [0.717, 1.165) is 56.6 Å². The lowest BCUT2D eigenvalue weighted by molar-refractivity contribution is 0.221. The number of hydrogen-bond donors (Lipinski definition) is 2. The molecule has 7 nitrogen and oxygen atoms in total. The number of nitrogens with zero attached hydrogens (tertiary/aromatic N) is 5. The second-order valence-electron chi connectivity index (χ2n) is 7.47. The zero-order chi connectivity index (χ0) is 19.9. The zero-order valence-corrected chi connectivity index (χ0v) is 20.7. The zero-order valence-electron chi connectivity index (χ0n) is 17.5. The van der Waals surface area contributed by atoms with Crippen LogP contribution in [0, 0.1) is 6.92 Å². The molecule has 29 heavy (non-hydrogen) atoms. The van der Waals surface area contributed by atoms with Gasteiger partial charge in [0.2, 0.25) is 0 Å². The summed E-state index contributed by atoms with van der Waals surface area (Å²) in [6.45, 7) is 12.5. The van der Waals surface area contributed by atoms with Crippen molar-refractivity contribution in [2.75, 3.05) is 19.6 Å². The van der Waals surface area contributed by atoms with Crippen LogP contribution in [0.3, 0.4) is 0 Å². The summed E-state index contributed by atoms with van der Waals surface area (Å²) in [5, 5.41) is 17.5. The first-order valence-corrected chi connectivity index (χ1v) is 10.7. The molecule has 0 radical (unpaired) electrons. The van der Waals surface area contributed by atoms with Crippen molar-refractivity contribution in [3.05, 3.63) is 46.2 Å². The molecule has 1 saturated heterocycles. The largest absolute Gasteiger partial charge is 0.354 e. The van der Waals surface area contributed by atoms with Crippen LogP contribution in [0.25, 0.3) is 0 Å². The van der Waals surface area contributed by atoms with Crippen LogP contribution in [-0.2, 0) is 20.1 Å². The Bertz CT molecular complexity index is 792. The second kappa shape index (κ2) is 11.7. The molecule has 2 aromatic rings. The Hall–Kier alpha value is -1.46. The first-order valence-electron chi connectivity index (χ1n) is 9.80. The van der Waals surface area contributed by atoms with Gasteiger partial charge in [-0.15, -0.1) is 45.5 Å². The molecule has 3 rings (SSSR count). The van der Waals surface area contributed by atoms with Crippen LogP contribution in [0.5, 0.6) is 0 Å². The summed E-state index contributed by atoms with van der Waals surface area (Å²) in [5.74, 6) is 2.61. The normalized spacial score (nSPS) is 15.8. The molecule has 0 amide bonds. The summed E-state index contributed by atoms with van der Waals surface area (Å²) in [6.07, 6.45) is 2.21. The number of piperidine rings is 1. The predicted octanol–water partition coefficient (Wildman–Crippen LogP) is 3.08. The lowest BCUT2D eigenvalue weighted by Gasteiger charge is -2.33. The van der Waals surface area contributed by atoms with E-state index in [2.05, 4.69) is 56.7 Å². The van der Waals surface area contributed by atoms with Crippen LogP contribution < -0.4 is 10.6 Å². The Morgan fingerprint density at radius 2 is 2.10 bits per heavy atom. The van der Waals surface area contributed by atoms with Crippen LogP contribution >= 0.6 is 35.3 Å². The van der Waals surface area contributed by atoms with Crippen molar-refractivity contribution in [3.63, 3.8) is 0 Å². The fourth-order valence-electron chi connectivity index (χ4n) is 3.29. The van der Waals surface area contributed by atoms with Gasteiger partial charge in [0.15, 0.2) is 11.8 Å². The van der Waals surface area contributed by atoms with Crippen molar-refractivity contribution >= 4 is 41.3 Å². The molecule has 0 unspecified atom stereocenters. The van der Waals surface area contributed by atoms with Crippen molar-refractivity contribution in [1.82, 2.24) is 30.3 Å². The van der Waals surface area contributed by atoms with Gasteiger partial charge in [0.1, 0.15) is 12.4 Å². The molecule has 3 heterocycles. The SMILES string of the molecule is C=C(C)CN1CCC(NC(=NCc2nnc(C)n2C)NCc2cccs2)CC1.I. The number of halogens is 1. The van der Waals surface area contributed by atoms with E-state index < -0.39 is 0 Å². The Morgan fingerprint density at radius 1 is 1.34 bits per heavy atom. The first kappa shape index (κ1) is 23.8.